The van der Waals surface area contributed by atoms with Gasteiger partial charge in [0.15, 0.2) is 6.10 Å². The van der Waals surface area contributed by atoms with Gasteiger partial charge in [0, 0.05) is 22.7 Å². The molecule has 0 radical (unpaired) electrons. The average Bonchev–Trinajstić information content (AvgIpc) is 2.57. The first kappa shape index (κ1) is 17.4. The van der Waals surface area contributed by atoms with Crippen molar-refractivity contribution in [1.29, 1.82) is 0 Å². The molecule has 7 nitrogen and oxygen atoms in total. The fourth-order valence-electron chi connectivity index (χ4n) is 1.75. The molecule has 2 aromatic carbocycles. The number of halogens is 1. The number of carbonyl (C=O) groups is 1. The molecule has 2 aromatic rings. The molecular formula is C16H14ClN3O4. The van der Waals surface area contributed by atoms with E-state index in [1.807, 2.05) is 0 Å². The van der Waals surface area contributed by atoms with Crippen molar-refractivity contribution in [2.24, 2.45) is 5.10 Å². The van der Waals surface area contributed by atoms with Crippen molar-refractivity contribution in [1.82, 2.24) is 5.43 Å². The van der Waals surface area contributed by atoms with Gasteiger partial charge in [-0.15, -0.1) is 0 Å². The molecule has 1 N–H and O–H groups in total. The third kappa shape index (κ3) is 5.06. The number of hydrazone groups is 1. The number of benzene rings is 2. The Bertz CT molecular complexity index is 762. The molecule has 0 aromatic heterocycles. The Morgan fingerprint density at radius 3 is 2.71 bits per heavy atom. The number of nitro benzene ring substituents is 1. The minimum Gasteiger partial charge on any atom is -0.481 e. The first-order valence-corrected chi connectivity index (χ1v) is 7.33. The molecule has 2 rings (SSSR count). The highest BCUT2D eigenvalue weighted by molar-refractivity contribution is 6.30. The highest BCUT2D eigenvalue weighted by Crippen LogP contribution is 2.16. The Morgan fingerprint density at radius 2 is 2.04 bits per heavy atom. The topological polar surface area (TPSA) is 93.8 Å². The SMILES string of the molecule is CC(Oc1ccc(Cl)cc1)C(=O)NN=Cc1cccc([N+](=O)[O-])c1. The molecule has 0 bridgehead atoms. The van der Waals surface area contributed by atoms with Crippen LogP contribution in [-0.4, -0.2) is 23.1 Å². The zero-order chi connectivity index (χ0) is 17.5. The van der Waals surface area contributed by atoms with Gasteiger partial charge in [-0.05, 0) is 31.2 Å². The van der Waals surface area contributed by atoms with Gasteiger partial charge >= 0.3 is 0 Å². The molecule has 0 fully saturated rings. The molecule has 124 valence electrons. The molecule has 1 unspecified atom stereocenters. The molecular weight excluding hydrogens is 334 g/mol. The second-order valence-corrected chi connectivity index (χ2v) is 5.24. The molecule has 0 saturated carbocycles. The monoisotopic (exact) mass is 347 g/mol. The minimum atomic E-state index is -0.770. The summed E-state index contributed by atoms with van der Waals surface area (Å²) in [4.78, 5) is 22.1. The summed E-state index contributed by atoms with van der Waals surface area (Å²) in [7, 11) is 0. The van der Waals surface area contributed by atoms with Crippen LogP contribution >= 0.6 is 11.6 Å². The minimum absolute atomic E-state index is 0.0512. The normalized spacial score (nSPS) is 11.9. The lowest BCUT2D eigenvalue weighted by Crippen LogP contribution is -2.33. The van der Waals surface area contributed by atoms with Gasteiger partial charge in [-0.1, -0.05) is 23.7 Å². The van der Waals surface area contributed by atoms with E-state index >= 15 is 0 Å². The van der Waals surface area contributed by atoms with Crippen LogP contribution < -0.4 is 10.2 Å². The highest BCUT2D eigenvalue weighted by Gasteiger charge is 2.13. The standard InChI is InChI=1S/C16H14ClN3O4/c1-11(24-15-7-5-13(17)6-8-15)16(21)19-18-10-12-3-2-4-14(9-12)20(22)23/h2-11H,1H3,(H,19,21). The van der Waals surface area contributed by atoms with Gasteiger partial charge in [0.05, 0.1) is 11.1 Å². The van der Waals surface area contributed by atoms with Crippen molar-refractivity contribution in [3.8, 4) is 5.75 Å². The summed E-state index contributed by atoms with van der Waals surface area (Å²) in [6.07, 6.45) is 0.549. The molecule has 0 aliphatic heterocycles. The van der Waals surface area contributed by atoms with Crippen LogP contribution in [0.3, 0.4) is 0 Å². The maximum atomic E-state index is 11.9. The maximum absolute atomic E-state index is 11.9. The van der Waals surface area contributed by atoms with Gasteiger partial charge in [-0.2, -0.15) is 5.10 Å². The summed E-state index contributed by atoms with van der Waals surface area (Å²) in [5.74, 6) is 0.0522. The molecule has 0 heterocycles. The first-order chi connectivity index (χ1) is 11.5. The van der Waals surface area contributed by atoms with Crippen molar-refractivity contribution in [2.45, 2.75) is 13.0 Å². The van der Waals surface area contributed by atoms with Crippen LogP contribution in [0.15, 0.2) is 53.6 Å². The van der Waals surface area contributed by atoms with Gasteiger partial charge in [-0.25, -0.2) is 5.43 Å². The van der Waals surface area contributed by atoms with E-state index in [1.165, 1.54) is 24.4 Å². The Kier molecular flexibility index (Phi) is 5.86. The van der Waals surface area contributed by atoms with Crippen molar-refractivity contribution in [2.75, 3.05) is 0 Å². The lowest BCUT2D eigenvalue weighted by molar-refractivity contribution is -0.384. The van der Waals surface area contributed by atoms with Gasteiger partial charge in [0.2, 0.25) is 0 Å². The van der Waals surface area contributed by atoms with Crippen LogP contribution in [0.4, 0.5) is 5.69 Å². The number of nitro groups is 1. The molecule has 1 atom stereocenters. The Hall–Kier alpha value is -2.93. The molecule has 0 aliphatic rings. The number of nitrogens with one attached hydrogen (secondary N) is 1. The van der Waals surface area contributed by atoms with E-state index in [4.69, 9.17) is 16.3 Å². The predicted octanol–water partition coefficient (Wildman–Crippen LogP) is 3.17. The fraction of sp³-hybridized carbons (Fsp3) is 0.125. The quantitative estimate of drug-likeness (QED) is 0.493. The van der Waals surface area contributed by atoms with E-state index in [-0.39, 0.29) is 5.69 Å². The van der Waals surface area contributed by atoms with E-state index in [2.05, 4.69) is 10.5 Å². The van der Waals surface area contributed by atoms with Crippen molar-refractivity contribution < 1.29 is 14.5 Å². The Balaban J connectivity index is 1.90. The number of non-ortho nitro benzene ring substituents is 1. The summed E-state index contributed by atoms with van der Waals surface area (Å²) in [5, 5.41) is 15.0. The van der Waals surface area contributed by atoms with Crippen LogP contribution in [0.2, 0.25) is 5.02 Å². The molecule has 24 heavy (non-hydrogen) atoms. The van der Waals surface area contributed by atoms with E-state index < -0.39 is 16.9 Å². The summed E-state index contributed by atoms with van der Waals surface area (Å²) in [6, 6.07) is 12.5. The largest absolute Gasteiger partial charge is 0.481 e. The summed E-state index contributed by atoms with van der Waals surface area (Å²) >= 11 is 5.77. The lowest BCUT2D eigenvalue weighted by Gasteiger charge is -2.12. The van der Waals surface area contributed by atoms with Gasteiger partial charge < -0.3 is 4.74 Å². The number of rotatable bonds is 6. The van der Waals surface area contributed by atoms with Gasteiger partial charge in [0.1, 0.15) is 5.75 Å². The van der Waals surface area contributed by atoms with Crippen LogP contribution in [0.1, 0.15) is 12.5 Å². The Morgan fingerprint density at radius 1 is 1.33 bits per heavy atom. The molecule has 8 heteroatoms. The van der Waals surface area contributed by atoms with Crippen molar-refractivity contribution in [3.05, 3.63) is 69.2 Å². The van der Waals surface area contributed by atoms with Gasteiger partial charge in [-0.3, -0.25) is 14.9 Å². The first-order valence-electron chi connectivity index (χ1n) is 6.95. The molecule has 1 amide bonds. The van der Waals surface area contributed by atoms with Crippen LogP contribution in [0, 0.1) is 10.1 Å². The molecule has 0 aliphatic carbocycles. The highest BCUT2D eigenvalue weighted by atomic mass is 35.5. The zero-order valence-corrected chi connectivity index (χ0v) is 13.4. The second-order valence-electron chi connectivity index (χ2n) is 4.80. The number of nitrogens with zero attached hydrogens (tertiary/aromatic N) is 2. The zero-order valence-electron chi connectivity index (χ0n) is 12.7. The fourth-order valence-corrected chi connectivity index (χ4v) is 1.88. The lowest BCUT2D eigenvalue weighted by atomic mass is 10.2. The third-order valence-corrected chi connectivity index (χ3v) is 3.22. The Labute approximate surface area is 143 Å². The third-order valence-electron chi connectivity index (χ3n) is 2.97. The summed E-state index contributed by atoms with van der Waals surface area (Å²) in [6.45, 7) is 1.58. The van der Waals surface area contributed by atoms with E-state index in [9.17, 15) is 14.9 Å². The van der Waals surface area contributed by atoms with E-state index in [1.54, 1.807) is 37.3 Å². The average molecular weight is 348 g/mol. The van der Waals surface area contributed by atoms with Crippen LogP contribution in [0.5, 0.6) is 5.75 Å². The van der Waals surface area contributed by atoms with Crippen molar-refractivity contribution >= 4 is 29.4 Å². The molecule has 0 saturated heterocycles. The maximum Gasteiger partial charge on any atom is 0.280 e. The summed E-state index contributed by atoms with van der Waals surface area (Å²) < 4.78 is 5.45. The van der Waals surface area contributed by atoms with Crippen LogP contribution in [0.25, 0.3) is 0 Å². The smallest absolute Gasteiger partial charge is 0.280 e. The number of carbonyl (C=O) groups excluding carboxylic acids is 1. The van der Waals surface area contributed by atoms with Gasteiger partial charge in [0.25, 0.3) is 11.6 Å². The number of ether oxygens (including phenoxy) is 1. The van der Waals surface area contributed by atoms with Crippen molar-refractivity contribution in [3.63, 3.8) is 0 Å². The van der Waals surface area contributed by atoms with Crippen LogP contribution in [-0.2, 0) is 4.79 Å². The number of hydrogen-bond acceptors (Lipinski definition) is 5. The predicted molar refractivity (Wildman–Crippen MR) is 90.4 cm³/mol. The molecule has 0 spiro atoms. The van der Waals surface area contributed by atoms with E-state index in [0.29, 0.717) is 16.3 Å². The number of hydrogen-bond donors (Lipinski definition) is 1. The summed E-state index contributed by atoms with van der Waals surface area (Å²) in [5.41, 5.74) is 2.77. The van der Waals surface area contributed by atoms with E-state index in [0.717, 1.165) is 0 Å². The number of amides is 1. The second kappa shape index (κ2) is 8.07.